The topological polar surface area (TPSA) is 61.4 Å². The summed E-state index contributed by atoms with van der Waals surface area (Å²) in [4.78, 5) is 26.3. The van der Waals surface area contributed by atoms with Gasteiger partial charge in [-0.25, -0.2) is 4.79 Å². The number of benzene rings is 2. The van der Waals surface area contributed by atoms with Crippen LogP contribution in [0.3, 0.4) is 0 Å². The Kier molecular flexibility index (Phi) is 7.31. The third kappa shape index (κ3) is 6.27. The molecule has 1 heterocycles. The van der Waals surface area contributed by atoms with Crippen molar-refractivity contribution in [1.29, 1.82) is 0 Å². The van der Waals surface area contributed by atoms with E-state index in [4.69, 9.17) is 11.6 Å². The number of para-hydroxylation sites is 1. The summed E-state index contributed by atoms with van der Waals surface area (Å²) in [5.74, 6) is 0.414. The summed E-state index contributed by atoms with van der Waals surface area (Å²) in [6, 6.07) is 17.1. The van der Waals surface area contributed by atoms with E-state index in [9.17, 15) is 9.59 Å². The van der Waals surface area contributed by atoms with Crippen molar-refractivity contribution in [1.82, 2.24) is 10.2 Å². The number of hydrogen-bond acceptors (Lipinski definition) is 2. The molecule has 0 unspecified atom stereocenters. The van der Waals surface area contributed by atoms with Gasteiger partial charge in [0, 0.05) is 36.8 Å². The summed E-state index contributed by atoms with van der Waals surface area (Å²) in [7, 11) is 0. The third-order valence-corrected chi connectivity index (χ3v) is 5.30. The number of rotatable bonds is 6. The second-order valence-electron chi connectivity index (χ2n) is 7.16. The molecule has 0 aromatic heterocycles. The molecular formula is C22H26ClN3O2. The lowest BCUT2D eigenvalue weighted by molar-refractivity contribution is -0.122. The molecule has 2 aromatic carbocycles. The van der Waals surface area contributed by atoms with E-state index >= 15 is 0 Å². The highest BCUT2D eigenvalue weighted by molar-refractivity contribution is 6.30. The fourth-order valence-electron chi connectivity index (χ4n) is 3.40. The average molecular weight is 400 g/mol. The maximum atomic E-state index is 12.3. The van der Waals surface area contributed by atoms with Gasteiger partial charge in [0.2, 0.25) is 5.91 Å². The number of halogens is 1. The van der Waals surface area contributed by atoms with Gasteiger partial charge in [-0.15, -0.1) is 0 Å². The fraction of sp³-hybridized carbons (Fsp3) is 0.364. The highest BCUT2D eigenvalue weighted by atomic mass is 35.5. The van der Waals surface area contributed by atoms with Gasteiger partial charge in [0.25, 0.3) is 0 Å². The Morgan fingerprint density at radius 1 is 1.00 bits per heavy atom. The van der Waals surface area contributed by atoms with Gasteiger partial charge in [0.05, 0.1) is 0 Å². The maximum absolute atomic E-state index is 12.3. The Hall–Kier alpha value is -2.53. The standard InChI is InChI=1S/C22H26ClN3O2/c23-19-8-6-17(7-9-19)10-13-24-21(27)16-18-11-14-26(15-12-18)22(28)25-20-4-2-1-3-5-20/h1-9,18H,10-16H2,(H,24,27)(H,25,28). The first-order chi connectivity index (χ1) is 13.6. The average Bonchev–Trinajstić information content (AvgIpc) is 2.71. The fourth-order valence-corrected chi connectivity index (χ4v) is 3.52. The van der Waals surface area contributed by atoms with Gasteiger partial charge in [0.1, 0.15) is 0 Å². The largest absolute Gasteiger partial charge is 0.356 e. The molecule has 3 amide bonds. The first-order valence-corrected chi connectivity index (χ1v) is 10.1. The maximum Gasteiger partial charge on any atom is 0.321 e. The molecule has 6 heteroatoms. The molecule has 0 radical (unpaired) electrons. The van der Waals surface area contributed by atoms with Crippen LogP contribution in [-0.4, -0.2) is 36.5 Å². The molecular weight excluding hydrogens is 374 g/mol. The monoisotopic (exact) mass is 399 g/mol. The molecule has 1 aliphatic heterocycles. The van der Waals surface area contributed by atoms with Crippen molar-refractivity contribution in [2.75, 3.05) is 25.0 Å². The molecule has 5 nitrogen and oxygen atoms in total. The van der Waals surface area contributed by atoms with Crippen molar-refractivity contribution in [2.24, 2.45) is 5.92 Å². The highest BCUT2D eigenvalue weighted by Crippen LogP contribution is 2.21. The van der Waals surface area contributed by atoms with E-state index in [0.717, 1.165) is 35.5 Å². The van der Waals surface area contributed by atoms with Crippen molar-refractivity contribution < 1.29 is 9.59 Å². The molecule has 0 spiro atoms. The molecule has 1 fully saturated rings. The number of nitrogens with one attached hydrogen (secondary N) is 2. The second-order valence-corrected chi connectivity index (χ2v) is 7.59. The van der Waals surface area contributed by atoms with E-state index < -0.39 is 0 Å². The van der Waals surface area contributed by atoms with E-state index in [1.165, 1.54) is 0 Å². The number of carbonyl (C=O) groups excluding carboxylic acids is 2. The smallest absolute Gasteiger partial charge is 0.321 e. The van der Waals surface area contributed by atoms with Gasteiger partial charge in [-0.05, 0) is 55.0 Å². The first-order valence-electron chi connectivity index (χ1n) is 9.72. The Morgan fingerprint density at radius 3 is 2.36 bits per heavy atom. The molecule has 0 atom stereocenters. The van der Waals surface area contributed by atoms with Crippen LogP contribution in [0.2, 0.25) is 5.02 Å². The van der Waals surface area contributed by atoms with E-state index in [-0.39, 0.29) is 11.9 Å². The lowest BCUT2D eigenvalue weighted by Gasteiger charge is -2.31. The number of hydrogen-bond donors (Lipinski definition) is 2. The van der Waals surface area contributed by atoms with Gasteiger partial charge in [-0.3, -0.25) is 4.79 Å². The number of anilines is 1. The molecule has 3 rings (SSSR count). The van der Waals surface area contributed by atoms with E-state index in [2.05, 4.69) is 10.6 Å². The van der Waals surface area contributed by atoms with Crippen LogP contribution in [0.15, 0.2) is 54.6 Å². The van der Waals surface area contributed by atoms with E-state index in [1.54, 1.807) is 0 Å². The van der Waals surface area contributed by atoms with Crippen LogP contribution < -0.4 is 10.6 Å². The van der Waals surface area contributed by atoms with Crippen molar-refractivity contribution in [2.45, 2.75) is 25.7 Å². The van der Waals surface area contributed by atoms with Crippen molar-refractivity contribution >= 4 is 29.2 Å². The lowest BCUT2D eigenvalue weighted by Crippen LogP contribution is -2.42. The lowest BCUT2D eigenvalue weighted by atomic mass is 9.93. The zero-order valence-electron chi connectivity index (χ0n) is 15.9. The SMILES string of the molecule is O=C(CC1CCN(C(=O)Nc2ccccc2)CC1)NCCc1ccc(Cl)cc1. The summed E-state index contributed by atoms with van der Waals surface area (Å²) in [5.41, 5.74) is 1.96. The molecule has 0 aliphatic carbocycles. The minimum atomic E-state index is -0.0722. The van der Waals surface area contributed by atoms with Crippen molar-refractivity contribution in [3.63, 3.8) is 0 Å². The quantitative estimate of drug-likeness (QED) is 0.759. The van der Waals surface area contributed by atoms with Gasteiger partial charge in [-0.1, -0.05) is 41.9 Å². The van der Waals surface area contributed by atoms with Crippen LogP contribution in [0, 0.1) is 5.92 Å². The van der Waals surface area contributed by atoms with E-state index in [1.807, 2.05) is 59.5 Å². The molecule has 1 saturated heterocycles. The van der Waals surface area contributed by atoms with Crippen LogP contribution >= 0.6 is 11.6 Å². The van der Waals surface area contributed by atoms with E-state index in [0.29, 0.717) is 32.0 Å². The zero-order valence-corrected chi connectivity index (χ0v) is 16.6. The Bertz CT molecular complexity index is 772. The molecule has 2 aromatic rings. The second kappa shape index (κ2) is 10.1. The molecule has 28 heavy (non-hydrogen) atoms. The number of piperidine rings is 1. The van der Waals surface area contributed by atoms with Crippen LogP contribution in [0.5, 0.6) is 0 Å². The summed E-state index contributed by atoms with van der Waals surface area (Å²) >= 11 is 5.88. The van der Waals surface area contributed by atoms with Gasteiger partial charge >= 0.3 is 6.03 Å². The number of urea groups is 1. The number of amides is 3. The normalized spacial score (nSPS) is 14.5. The van der Waals surface area contributed by atoms with Crippen molar-refractivity contribution in [3.05, 3.63) is 65.2 Å². The van der Waals surface area contributed by atoms with Gasteiger partial charge in [-0.2, -0.15) is 0 Å². The van der Waals surface area contributed by atoms with Gasteiger partial charge < -0.3 is 15.5 Å². The third-order valence-electron chi connectivity index (χ3n) is 5.05. The predicted molar refractivity (Wildman–Crippen MR) is 113 cm³/mol. The zero-order chi connectivity index (χ0) is 19.8. The Balaban J connectivity index is 1.33. The van der Waals surface area contributed by atoms with Crippen molar-refractivity contribution in [3.8, 4) is 0 Å². The summed E-state index contributed by atoms with van der Waals surface area (Å²) < 4.78 is 0. The number of carbonyl (C=O) groups is 2. The molecule has 2 N–H and O–H groups in total. The first kappa shape index (κ1) is 20.2. The Labute approximate surface area is 171 Å². The predicted octanol–water partition coefficient (Wildman–Crippen LogP) is 4.33. The van der Waals surface area contributed by atoms with Crippen LogP contribution in [0.4, 0.5) is 10.5 Å². The molecule has 148 valence electrons. The summed E-state index contributed by atoms with van der Waals surface area (Å²) in [5, 5.41) is 6.63. The van der Waals surface area contributed by atoms with Crippen LogP contribution in [0.1, 0.15) is 24.8 Å². The molecule has 0 bridgehead atoms. The minimum Gasteiger partial charge on any atom is -0.356 e. The number of likely N-dealkylation sites (tertiary alicyclic amines) is 1. The van der Waals surface area contributed by atoms with Gasteiger partial charge in [0.15, 0.2) is 0 Å². The molecule has 1 aliphatic rings. The highest BCUT2D eigenvalue weighted by Gasteiger charge is 2.24. The molecule has 0 saturated carbocycles. The summed E-state index contributed by atoms with van der Waals surface area (Å²) in [6.07, 6.45) is 3.02. The minimum absolute atomic E-state index is 0.0722. The summed E-state index contributed by atoms with van der Waals surface area (Å²) in [6.45, 7) is 1.99. The van der Waals surface area contributed by atoms with Crippen LogP contribution in [-0.2, 0) is 11.2 Å². The Morgan fingerprint density at radius 2 is 1.68 bits per heavy atom. The number of nitrogens with zero attached hydrogens (tertiary/aromatic N) is 1. The van der Waals surface area contributed by atoms with Crippen LogP contribution in [0.25, 0.3) is 0 Å².